The highest BCUT2D eigenvalue weighted by Crippen LogP contribution is 2.24. The van der Waals surface area contributed by atoms with E-state index in [0.29, 0.717) is 18.4 Å². The minimum atomic E-state index is -0.192. The van der Waals surface area contributed by atoms with Gasteiger partial charge in [0.2, 0.25) is 0 Å². The second-order valence-corrected chi connectivity index (χ2v) is 5.31. The number of guanidine groups is 1. The first kappa shape index (κ1) is 15.2. The molecule has 0 spiro atoms. The van der Waals surface area contributed by atoms with Gasteiger partial charge in [-0.05, 0) is 12.3 Å². The van der Waals surface area contributed by atoms with Crippen LogP contribution in [0.3, 0.4) is 0 Å². The van der Waals surface area contributed by atoms with E-state index in [1.807, 2.05) is 0 Å². The molecule has 18 heavy (non-hydrogen) atoms. The Morgan fingerprint density at radius 2 is 2.11 bits per heavy atom. The standard InChI is InChI=1S/C13H27N3O2/c1-11(2)4-7-15-12(14)16-10-13(17-3)5-8-18-9-6-13/h11H,4-10H2,1-3H3,(H3,14,15,16). The zero-order chi connectivity index (χ0) is 13.4. The Balaban J connectivity index is 2.35. The molecular formula is C13H27N3O2. The summed E-state index contributed by atoms with van der Waals surface area (Å²) in [5.41, 5.74) is 5.65. The van der Waals surface area contributed by atoms with Crippen molar-refractivity contribution < 1.29 is 9.47 Å². The molecule has 5 nitrogen and oxygen atoms in total. The first-order valence-corrected chi connectivity index (χ1v) is 6.75. The maximum atomic E-state index is 5.84. The highest BCUT2D eigenvalue weighted by molar-refractivity contribution is 5.77. The predicted octanol–water partition coefficient (Wildman–Crippen LogP) is 1.13. The number of ether oxygens (including phenoxy) is 2. The van der Waals surface area contributed by atoms with Gasteiger partial charge in [-0.25, -0.2) is 0 Å². The van der Waals surface area contributed by atoms with Gasteiger partial charge in [0.1, 0.15) is 0 Å². The van der Waals surface area contributed by atoms with Crippen LogP contribution in [0.5, 0.6) is 0 Å². The molecule has 0 aromatic heterocycles. The van der Waals surface area contributed by atoms with Gasteiger partial charge in [0.25, 0.3) is 0 Å². The molecule has 0 aliphatic carbocycles. The lowest BCUT2D eigenvalue weighted by molar-refractivity contribution is -0.0828. The summed E-state index contributed by atoms with van der Waals surface area (Å²) < 4.78 is 11.0. The lowest BCUT2D eigenvalue weighted by Gasteiger charge is -2.34. The van der Waals surface area contributed by atoms with Crippen LogP contribution in [0.15, 0.2) is 4.99 Å². The summed E-state index contributed by atoms with van der Waals surface area (Å²) in [6.45, 7) is 7.34. The van der Waals surface area contributed by atoms with Gasteiger partial charge in [-0.1, -0.05) is 13.8 Å². The van der Waals surface area contributed by atoms with Gasteiger partial charge in [-0.3, -0.25) is 4.99 Å². The summed E-state index contributed by atoms with van der Waals surface area (Å²) in [6, 6.07) is 0. The molecule has 1 fully saturated rings. The van der Waals surface area contributed by atoms with Crippen molar-refractivity contribution in [2.24, 2.45) is 16.6 Å². The van der Waals surface area contributed by atoms with E-state index in [0.717, 1.165) is 39.0 Å². The summed E-state index contributed by atoms with van der Waals surface area (Å²) in [5.74, 6) is 1.18. The molecule has 1 aliphatic rings. The highest BCUT2D eigenvalue weighted by Gasteiger charge is 2.32. The fourth-order valence-corrected chi connectivity index (χ4v) is 1.94. The molecule has 1 rings (SSSR count). The lowest BCUT2D eigenvalue weighted by atomic mass is 9.94. The van der Waals surface area contributed by atoms with Crippen molar-refractivity contribution >= 4 is 5.96 Å². The van der Waals surface area contributed by atoms with Crippen molar-refractivity contribution in [3.63, 3.8) is 0 Å². The van der Waals surface area contributed by atoms with Crippen molar-refractivity contribution in [3.8, 4) is 0 Å². The minimum Gasteiger partial charge on any atom is -0.381 e. The number of nitrogens with zero attached hydrogens (tertiary/aromatic N) is 1. The van der Waals surface area contributed by atoms with Gasteiger partial charge in [0.15, 0.2) is 5.96 Å². The molecule has 0 saturated carbocycles. The molecule has 0 aromatic rings. The van der Waals surface area contributed by atoms with Crippen LogP contribution in [0.4, 0.5) is 0 Å². The quantitative estimate of drug-likeness (QED) is 0.553. The van der Waals surface area contributed by atoms with Crippen LogP contribution < -0.4 is 11.1 Å². The average Bonchev–Trinajstić information content (AvgIpc) is 2.37. The molecule has 0 aromatic carbocycles. The molecule has 0 atom stereocenters. The van der Waals surface area contributed by atoms with E-state index in [2.05, 4.69) is 24.2 Å². The molecule has 0 amide bonds. The first-order valence-electron chi connectivity index (χ1n) is 6.75. The Bertz CT molecular complexity index is 261. The summed E-state index contributed by atoms with van der Waals surface area (Å²) in [7, 11) is 1.74. The van der Waals surface area contributed by atoms with E-state index in [-0.39, 0.29) is 5.60 Å². The molecule has 3 N–H and O–H groups in total. The smallest absolute Gasteiger partial charge is 0.188 e. The molecule has 1 aliphatic heterocycles. The molecule has 0 bridgehead atoms. The third-order valence-electron chi connectivity index (χ3n) is 3.40. The second kappa shape index (κ2) is 7.59. The molecule has 5 heteroatoms. The predicted molar refractivity (Wildman–Crippen MR) is 73.7 cm³/mol. The Labute approximate surface area is 110 Å². The third-order valence-corrected chi connectivity index (χ3v) is 3.40. The van der Waals surface area contributed by atoms with Gasteiger partial charge in [0.05, 0.1) is 12.1 Å². The van der Waals surface area contributed by atoms with Crippen LogP contribution in [0.1, 0.15) is 33.1 Å². The van der Waals surface area contributed by atoms with E-state index in [1.165, 1.54) is 0 Å². The van der Waals surface area contributed by atoms with Crippen molar-refractivity contribution in [2.75, 3.05) is 33.4 Å². The van der Waals surface area contributed by atoms with Gasteiger partial charge in [-0.15, -0.1) is 0 Å². The number of hydrogen-bond acceptors (Lipinski definition) is 3. The summed E-state index contributed by atoms with van der Waals surface area (Å²) in [6.07, 6.45) is 2.86. The van der Waals surface area contributed by atoms with Crippen molar-refractivity contribution in [3.05, 3.63) is 0 Å². The van der Waals surface area contributed by atoms with Crippen molar-refractivity contribution in [2.45, 2.75) is 38.7 Å². The first-order chi connectivity index (χ1) is 8.58. The van der Waals surface area contributed by atoms with E-state index in [1.54, 1.807) is 7.11 Å². The Hall–Kier alpha value is -0.810. The minimum absolute atomic E-state index is 0.192. The third kappa shape index (κ3) is 5.23. The number of methoxy groups -OCH3 is 1. The molecule has 1 saturated heterocycles. The van der Waals surface area contributed by atoms with Gasteiger partial charge >= 0.3 is 0 Å². The van der Waals surface area contributed by atoms with Crippen LogP contribution in [0.2, 0.25) is 0 Å². The summed E-state index contributed by atoms with van der Waals surface area (Å²) in [5, 5.41) is 3.14. The zero-order valence-corrected chi connectivity index (χ0v) is 11.9. The number of nitrogens with one attached hydrogen (secondary N) is 1. The molecular weight excluding hydrogens is 230 g/mol. The van der Waals surface area contributed by atoms with Gasteiger partial charge < -0.3 is 20.5 Å². The number of rotatable bonds is 6. The summed E-state index contributed by atoms with van der Waals surface area (Å²) in [4.78, 5) is 4.39. The van der Waals surface area contributed by atoms with Crippen molar-refractivity contribution in [1.29, 1.82) is 0 Å². The Kier molecular flexibility index (Phi) is 6.43. The normalized spacial score (nSPS) is 20.1. The van der Waals surface area contributed by atoms with Crippen molar-refractivity contribution in [1.82, 2.24) is 5.32 Å². The zero-order valence-electron chi connectivity index (χ0n) is 11.9. The van der Waals surface area contributed by atoms with E-state index >= 15 is 0 Å². The topological polar surface area (TPSA) is 68.9 Å². The van der Waals surface area contributed by atoms with E-state index in [4.69, 9.17) is 15.2 Å². The highest BCUT2D eigenvalue weighted by atomic mass is 16.5. The Morgan fingerprint density at radius 1 is 1.44 bits per heavy atom. The maximum absolute atomic E-state index is 5.84. The Morgan fingerprint density at radius 3 is 2.67 bits per heavy atom. The average molecular weight is 257 g/mol. The van der Waals surface area contributed by atoms with E-state index < -0.39 is 0 Å². The fraction of sp³-hybridized carbons (Fsp3) is 0.923. The van der Waals surface area contributed by atoms with Gasteiger partial charge in [0, 0.05) is 39.7 Å². The number of aliphatic imine (C=N–C) groups is 1. The van der Waals surface area contributed by atoms with Crippen LogP contribution in [0.25, 0.3) is 0 Å². The van der Waals surface area contributed by atoms with E-state index in [9.17, 15) is 0 Å². The van der Waals surface area contributed by atoms with Gasteiger partial charge in [-0.2, -0.15) is 0 Å². The summed E-state index contributed by atoms with van der Waals surface area (Å²) >= 11 is 0. The molecule has 0 unspecified atom stereocenters. The molecule has 1 heterocycles. The maximum Gasteiger partial charge on any atom is 0.188 e. The lowest BCUT2D eigenvalue weighted by Crippen LogP contribution is -2.42. The number of hydrogen-bond donors (Lipinski definition) is 2. The molecule has 106 valence electrons. The monoisotopic (exact) mass is 257 g/mol. The largest absolute Gasteiger partial charge is 0.381 e. The van der Waals surface area contributed by atoms with Crippen LogP contribution in [-0.4, -0.2) is 45.0 Å². The number of nitrogens with two attached hydrogens (primary N) is 1. The second-order valence-electron chi connectivity index (χ2n) is 5.31. The molecule has 0 radical (unpaired) electrons. The van der Waals surface area contributed by atoms with Crippen LogP contribution in [-0.2, 0) is 9.47 Å². The SMILES string of the molecule is COC1(CN=C(N)NCCC(C)C)CCOCC1. The van der Waals surface area contributed by atoms with Crippen LogP contribution >= 0.6 is 0 Å². The fourth-order valence-electron chi connectivity index (χ4n) is 1.94. The van der Waals surface area contributed by atoms with Crippen LogP contribution in [0, 0.1) is 5.92 Å².